The summed E-state index contributed by atoms with van der Waals surface area (Å²) in [5.74, 6) is 0.342. The Morgan fingerprint density at radius 3 is 2.48 bits per heavy atom. The lowest BCUT2D eigenvalue weighted by atomic mass is 9.81. The molecule has 1 aromatic carbocycles. The van der Waals surface area contributed by atoms with Crippen LogP contribution in [0.15, 0.2) is 30.3 Å². The van der Waals surface area contributed by atoms with Crippen LogP contribution >= 0.6 is 0 Å². The summed E-state index contributed by atoms with van der Waals surface area (Å²) in [5, 5.41) is 4.93. The molecule has 0 unspecified atom stereocenters. The second kappa shape index (κ2) is 10.2. The van der Waals surface area contributed by atoms with E-state index in [4.69, 9.17) is 4.74 Å². The number of benzene rings is 1. The summed E-state index contributed by atoms with van der Waals surface area (Å²) >= 11 is 0. The molecule has 0 aromatic heterocycles. The number of carbonyl (C=O) groups is 2. The standard InChI is InChI=1S/C19H29N3O3/c1-22(14-18(23)21-19(24)20-12-13-25-2)17-10-8-16(9-11-17)15-6-4-3-5-7-15/h3-7,16-17H,8-14H2,1-2H3,(H2,20,21,23,24). The van der Waals surface area contributed by atoms with Crippen molar-refractivity contribution in [2.75, 3.05) is 33.9 Å². The van der Waals surface area contributed by atoms with E-state index in [0.717, 1.165) is 25.7 Å². The zero-order chi connectivity index (χ0) is 18.1. The van der Waals surface area contributed by atoms with Gasteiger partial charge in [-0.25, -0.2) is 4.79 Å². The molecule has 138 valence electrons. The third-order valence-electron chi connectivity index (χ3n) is 4.83. The Hall–Kier alpha value is -1.92. The first-order valence-corrected chi connectivity index (χ1v) is 8.92. The Morgan fingerprint density at radius 1 is 1.16 bits per heavy atom. The summed E-state index contributed by atoms with van der Waals surface area (Å²) in [7, 11) is 3.52. The number of likely N-dealkylation sites (N-methyl/N-ethyl adjacent to an activating group) is 1. The van der Waals surface area contributed by atoms with Gasteiger partial charge in [0.05, 0.1) is 13.2 Å². The van der Waals surface area contributed by atoms with Crippen LogP contribution in [0.25, 0.3) is 0 Å². The molecular formula is C19H29N3O3. The van der Waals surface area contributed by atoms with Crippen molar-refractivity contribution in [2.24, 2.45) is 0 Å². The molecule has 0 saturated heterocycles. The number of amides is 3. The van der Waals surface area contributed by atoms with Gasteiger partial charge in [0.15, 0.2) is 0 Å². The number of urea groups is 1. The molecule has 1 aliphatic carbocycles. The first-order chi connectivity index (χ1) is 12.1. The second-order valence-corrected chi connectivity index (χ2v) is 6.63. The SMILES string of the molecule is COCCNC(=O)NC(=O)CN(C)C1CCC(c2ccccc2)CC1. The number of hydrogen-bond acceptors (Lipinski definition) is 4. The maximum atomic E-state index is 12.0. The Balaban J connectivity index is 1.70. The van der Waals surface area contributed by atoms with E-state index in [9.17, 15) is 9.59 Å². The molecule has 0 spiro atoms. The Morgan fingerprint density at radius 2 is 1.84 bits per heavy atom. The van der Waals surface area contributed by atoms with Gasteiger partial charge in [-0.05, 0) is 44.2 Å². The minimum Gasteiger partial charge on any atom is -0.383 e. The summed E-state index contributed by atoms with van der Waals surface area (Å²) in [4.78, 5) is 25.6. The van der Waals surface area contributed by atoms with Crippen molar-refractivity contribution in [1.82, 2.24) is 15.5 Å². The lowest BCUT2D eigenvalue weighted by Crippen LogP contribution is -2.47. The molecule has 0 bridgehead atoms. The van der Waals surface area contributed by atoms with E-state index >= 15 is 0 Å². The van der Waals surface area contributed by atoms with Crippen LogP contribution < -0.4 is 10.6 Å². The number of methoxy groups -OCH3 is 1. The molecule has 1 aliphatic rings. The van der Waals surface area contributed by atoms with Crippen LogP contribution in [0.4, 0.5) is 4.79 Å². The highest BCUT2D eigenvalue weighted by Gasteiger charge is 2.26. The normalized spacial score (nSPS) is 20.3. The van der Waals surface area contributed by atoms with Crippen LogP contribution in [-0.4, -0.2) is 56.7 Å². The van der Waals surface area contributed by atoms with Gasteiger partial charge in [-0.3, -0.25) is 15.0 Å². The van der Waals surface area contributed by atoms with Gasteiger partial charge in [0.1, 0.15) is 0 Å². The molecule has 0 heterocycles. The minimum absolute atomic E-state index is 0.234. The van der Waals surface area contributed by atoms with Crippen molar-refractivity contribution in [1.29, 1.82) is 0 Å². The fourth-order valence-corrected chi connectivity index (χ4v) is 3.41. The van der Waals surface area contributed by atoms with Crippen molar-refractivity contribution in [3.8, 4) is 0 Å². The average molecular weight is 347 g/mol. The number of ether oxygens (including phenoxy) is 1. The van der Waals surface area contributed by atoms with E-state index in [1.54, 1.807) is 7.11 Å². The molecule has 3 amide bonds. The van der Waals surface area contributed by atoms with Crippen LogP contribution in [0.2, 0.25) is 0 Å². The van der Waals surface area contributed by atoms with E-state index < -0.39 is 6.03 Å². The van der Waals surface area contributed by atoms with Crippen molar-refractivity contribution in [3.05, 3.63) is 35.9 Å². The monoisotopic (exact) mass is 347 g/mol. The molecule has 1 fully saturated rings. The highest BCUT2D eigenvalue weighted by atomic mass is 16.5. The van der Waals surface area contributed by atoms with Crippen molar-refractivity contribution >= 4 is 11.9 Å². The molecule has 6 heteroatoms. The largest absolute Gasteiger partial charge is 0.383 e. The molecule has 2 rings (SSSR count). The molecule has 0 aliphatic heterocycles. The summed E-state index contributed by atoms with van der Waals surface area (Å²) in [6.07, 6.45) is 4.42. The Bertz CT molecular complexity index is 542. The van der Waals surface area contributed by atoms with E-state index in [1.807, 2.05) is 13.1 Å². The smallest absolute Gasteiger partial charge is 0.321 e. The van der Waals surface area contributed by atoms with Gasteiger partial charge in [-0.15, -0.1) is 0 Å². The number of rotatable bonds is 7. The minimum atomic E-state index is -0.469. The van der Waals surface area contributed by atoms with Gasteiger partial charge in [0, 0.05) is 19.7 Å². The van der Waals surface area contributed by atoms with Crippen LogP contribution in [0.1, 0.15) is 37.2 Å². The molecule has 0 radical (unpaired) electrons. The highest BCUT2D eigenvalue weighted by molar-refractivity contribution is 5.95. The van der Waals surface area contributed by atoms with Gasteiger partial charge < -0.3 is 10.1 Å². The first kappa shape index (κ1) is 19.4. The van der Waals surface area contributed by atoms with Crippen LogP contribution in [0.3, 0.4) is 0 Å². The topological polar surface area (TPSA) is 70.7 Å². The Kier molecular flexibility index (Phi) is 7.88. The van der Waals surface area contributed by atoms with Gasteiger partial charge >= 0.3 is 6.03 Å². The van der Waals surface area contributed by atoms with E-state index in [0.29, 0.717) is 25.1 Å². The predicted molar refractivity (Wildman–Crippen MR) is 97.5 cm³/mol. The molecule has 1 aromatic rings. The van der Waals surface area contributed by atoms with Gasteiger partial charge in [-0.2, -0.15) is 0 Å². The van der Waals surface area contributed by atoms with Crippen molar-refractivity contribution < 1.29 is 14.3 Å². The Labute approximate surface area is 149 Å². The molecular weight excluding hydrogens is 318 g/mol. The molecule has 6 nitrogen and oxygen atoms in total. The number of imide groups is 1. The van der Waals surface area contributed by atoms with E-state index in [1.165, 1.54) is 5.56 Å². The molecule has 0 atom stereocenters. The summed E-state index contributed by atoms with van der Waals surface area (Å²) in [6.45, 7) is 1.04. The maximum Gasteiger partial charge on any atom is 0.321 e. The number of hydrogen-bond donors (Lipinski definition) is 2. The molecule has 1 saturated carbocycles. The fourth-order valence-electron chi connectivity index (χ4n) is 3.41. The summed E-state index contributed by atoms with van der Waals surface area (Å²) in [5.41, 5.74) is 1.41. The zero-order valence-corrected chi connectivity index (χ0v) is 15.2. The van der Waals surface area contributed by atoms with Crippen LogP contribution in [0, 0.1) is 0 Å². The lowest BCUT2D eigenvalue weighted by molar-refractivity contribution is -0.121. The fraction of sp³-hybridized carbons (Fsp3) is 0.579. The van der Waals surface area contributed by atoms with Crippen LogP contribution in [-0.2, 0) is 9.53 Å². The van der Waals surface area contributed by atoms with Gasteiger partial charge in [0.25, 0.3) is 0 Å². The van der Waals surface area contributed by atoms with Gasteiger partial charge in [-0.1, -0.05) is 30.3 Å². The maximum absolute atomic E-state index is 12.0. The average Bonchev–Trinajstić information content (AvgIpc) is 2.62. The number of carbonyl (C=O) groups excluding carboxylic acids is 2. The van der Waals surface area contributed by atoms with E-state index in [2.05, 4.69) is 39.8 Å². The predicted octanol–water partition coefficient (Wildman–Crippen LogP) is 2.12. The zero-order valence-electron chi connectivity index (χ0n) is 15.2. The quantitative estimate of drug-likeness (QED) is 0.741. The van der Waals surface area contributed by atoms with Crippen molar-refractivity contribution in [3.63, 3.8) is 0 Å². The number of nitrogens with one attached hydrogen (secondary N) is 2. The van der Waals surface area contributed by atoms with Crippen LogP contribution in [0.5, 0.6) is 0 Å². The van der Waals surface area contributed by atoms with E-state index in [-0.39, 0.29) is 12.5 Å². The lowest BCUT2D eigenvalue weighted by Gasteiger charge is -2.34. The highest BCUT2D eigenvalue weighted by Crippen LogP contribution is 2.34. The third-order valence-corrected chi connectivity index (χ3v) is 4.83. The number of nitrogens with zero attached hydrogens (tertiary/aromatic N) is 1. The third kappa shape index (κ3) is 6.48. The molecule has 2 N–H and O–H groups in total. The first-order valence-electron chi connectivity index (χ1n) is 8.92. The summed E-state index contributed by atoms with van der Waals surface area (Å²) in [6, 6.07) is 10.6. The molecule has 25 heavy (non-hydrogen) atoms. The second-order valence-electron chi connectivity index (χ2n) is 6.63. The van der Waals surface area contributed by atoms with Crippen molar-refractivity contribution in [2.45, 2.75) is 37.6 Å². The summed E-state index contributed by atoms with van der Waals surface area (Å²) < 4.78 is 4.85. The van der Waals surface area contributed by atoms with Gasteiger partial charge in [0.2, 0.25) is 5.91 Å².